The zero-order valence-electron chi connectivity index (χ0n) is 21.6. The molecule has 7 heteroatoms. The zero-order valence-corrected chi connectivity index (χ0v) is 21.6. The van der Waals surface area contributed by atoms with Crippen molar-refractivity contribution in [3.63, 3.8) is 0 Å². The van der Waals surface area contributed by atoms with Crippen LogP contribution < -0.4 is 19.5 Å². The van der Waals surface area contributed by atoms with Crippen LogP contribution in [0.2, 0.25) is 0 Å². The quantitative estimate of drug-likeness (QED) is 0.240. The van der Waals surface area contributed by atoms with Crippen molar-refractivity contribution in [3.8, 4) is 17.2 Å². The molecule has 7 nitrogen and oxygen atoms in total. The van der Waals surface area contributed by atoms with Crippen LogP contribution in [0.25, 0.3) is 11.0 Å². The number of amides is 1. The van der Waals surface area contributed by atoms with E-state index in [4.69, 9.17) is 19.2 Å². The number of unbranched alkanes of at least 4 members (excludes halogenated alkanes) is 1. The molecule has 0 spiro atoms. The second kappa shape index (κ2) is 13.3. The first kappa shape index (κ1) is 26.1. The molecule has 0 aliphatic carbocycles. The fourth-order valence-corrected chi connectivity index (χ4v) is 4.36. The Morgan fingerprint density at radius 3 is 2.49 bits per heavy atom. The van der Waals surface area contributed by atoms with Crippen LogP contribution in [0.15, 0.2) is 72.8 Å². The lowest BCUT2D eigenvalue weighted by atomic mass is 10.1. The molecule has 0 radical (unpaired) electrons. The monoisotopic (exact) mass is 501 g/mol. The SMILES string of the molecule is COc1ccc(CC(=O)NCCCc2nc3ccccc3n2CCCCOc2ccccc2)cc1OC. The van der Waals surface area contributed by atoms with E-state index in [1.807, 2.05) is 54.6 Å². The fraction of sp³-hybridized carbons (Fsp3) is 0.333. The van der Waals surface area contributed by atoms with Crippen LogP contribution in [0.1, 0.15) is 30.7 Å². The number of methoxy groups -OCH3 is 2. The number of hydrogen-bond donors (Lipinski definition) is 1. The van der Waals surface area contributed by atoms with Crippen molar-refractivity contribution >= 4 is 16.9 Å². The number of hydrogen-bond acceptors (Lipinski definition) is 5. The number of ether oxygens (including phenoxy) is 3. The molecule has 0 bridgehead atoms. The summed E-state index contributed by atoms with van der Waals surface area (Å²) in [6.45, 7) is 2.18. The van der Waals surface area contributed by atoms with Gasteiger partial charge in [0.1, 0.15) is 11.6 Å². The van der Waals surface area contributed by atoms with Crippen LogP contribution in [0, 0.1) is 0 Å². The topological polar surface area (TPSA) is 74.6 Å². The van der Waals surface area contributed by atoms with Crippen LogP contribution in [-0.4, -0.2) is 42.8 Å². The summed E-state index contributed by atoms with van der Waals surface area (Å²) < 4.78 is 18.7. The Morgan fingerprint density at radius 2 is 1.68 bits per heavy atom. The average Bonchev–Trinajstić information content (AvgIpc) is 3.28. The first-order valence-electron chi connectivity index (χ1n) is 12.8. The van der Waals surface area contributed by atoms with Crippen molar-refractivity contribution in [3.05, 3.63) is 84.2 Å². The lowest BCUT2D eigenvalue weighted by molar-refractivity contribution is -0.120. The number of aryl methyl sites for hydroxylation is 2. The lowest BCUT2D eigenvalue weighted by Gasteiger charge is -2.11. The van der Waals surface area contributed by atoms with Crippen LogP contribution in [0.5, 0.6) is 17.2 Å². The minimum absolute atomic E-state index is 0.0147. The van der Waals surface area contributed by atoms with Crippen LogP contribution >= 0.6 is 0 Å². The third-order valence-electron chi connectivity index (χ3n) is 6.23. The van der Waals surface area contributed by atoms with Gasteiger partial charge in [-0.3, -0.25) is 4.79 Å². The summed E-state index contributed by atoms with van der Waals surface area (Å²) in [7, 11) is 3.19. The van der Waals surface area contributed by atoms with Crippen molar-refractivity contribution < 1.29 is 19.0 Å². The van der Waals surface area contributed by atoms with Crippen molar-refractivity contribution in [1.82, 2.24) is 14.9 Å². The number of aromatic nitrogens is 2. The minimum atomic E-state index is -0.0147. The highest BCUT2D eigenvalue weighted by Gasteiger charge is 2.11. The van der Waals surface area contributed by atoms with Gasteiger partial charge in [0, 0.05) is 19.5 Å². The molecule has 1 amide bonds. The highest BCUT2D eigenvalue weighted by molar-refractivity contribution is 5.79. The first-order chi connectivity index (χ1) is 18.2. The molecular weight excluding hydrogens is 466 g/mol. The summed E-state index contributed by atoms with van der Waals surface area (Å²) in [6, 6.07) is 23.7. The molecule has 3 aromatic carbocycles. The molecule has 37 heavy (non-hydrogen) atoms. The Morgan fingerprint density at radius 1 is 0.892 bits per heavy atom. The number of rotatable bonds is 14. The predicted molar refractivity (Wildman–Crippen MR) is 145 cm³/mol. The summed E-state index contributed by atoms with van der Waals surface area (Å²) in [5, 5.41) is 3.03. The molecule has 0 atom stereocenters. The lowest BCUT2D eigenvalue weighted by Crippen LogP contribution is -2.26. The molecule has 0 fully saturated rings. The Kier molecular flexibility index (Phi) is 9.41. The molecule has 0 aliphatic rings. The van der Waals surface area contributed by atoms with Gasteiger partial charge in [-0.25, -0.2) is 4.98 Å². The number of para-hydroxylation sites is 3. The van der Waals surface area contributed by atoms with Gasteiger partial charge in [0.2, 0.25) is 5.91 Å². The van der Waals surface area contributed by atoms with Crippen molar-refractivity contribution in [1.29, 1.82) is 0 Å². The van der Waals surface area contributed by atoms with E-state index in [2.05, 4.69) is 28.1 Å². The normalized spacial score (nSPS) is 10.9. The van der Waals surface area contributed by atoms with E-state index in [0.717, 1.165) is 60.4 Å². The van der Waals surface area contributed by atoms with Crippen molar-refractivity contribution in [2.45, 2.75) is 38.6 Å². The first-order valence-corrected chi connectivity index (χ1v) is 12.8. The third-order valence-corrected chi connectivity index (χ3v) is 6.23. The Hall–Kier alpha value is -4.00. The zero-order chi connectivity index (χ0) is 25.9. The summed E-state index contributed by atoms with van der Waals surface area (Å²) in [5.41, 5.74) is 3.04. The van der Waals surface area contributed by atoms with Crippen molar-refractivity contribution in [2.75, 3.05) is 27.4 Å². The van der Waals surface area contributed by atoms with Gasteiger partial charge in [-0.15, -0.1) is 0 Å². The molecule has 0 unspecified atom stereocenters. The van der Waals surface area contributed by atoms with E-state index in [-0.39, 0.29) is 5.91 Å². The van der Waals surface area contributed by atoms with Gasteiger partial charge in [-0.05, 0) is 61.2 Å². The van der Waals surface area contributed by atoms with E-state index < -0.39 is 0 Å². The van der Waals surface area contributed by atoms with Gasteiger partial charge in [0.15, 0.2) is 11.5 Å². The third kappa shape index (κ3) is 7.26. The van der Waals surface area contributed by atoms with E-state index in [9.17, 15) is 4.79 Å². The Labute approximate surface area is 218 Å². The number of carbonyl (C=O) groups excluding carboxylic acids is 1. The van der Waals surface area contributed by atoms with E-state index in [0.29, 0.717) is 31.1 Å². The van der Waals surface area contributed by atoms with E-state index in [1.54, 1.807) is 14.2 Å². The van der Waals surface area contributed by atoms with Crippen LogP contribution in [-0.2, 0) is 24.2 Å². The second-order valence-electron chi connectivity index (χ2n) is 8.86. The molecule has 194 valence electrons. The highest BCUT2D eigenvalue weighted by atomic mass is 16.5. The van der Waals surface area contributed by atoms with Gasteiger partial charge >= 0.3 is 0 Å². The second-order valence-corrected chi connectivity index (χ2v) is 8.86. The van der Waals surface area contributed by atoms with Gasteiger partial charge < -0.3 is 24.1 Å². The van der Waals surface area contributed by atoms with Gasteiger partial charge in [0.25, 0.3) is 0 Å². The van der Waals surface area contributed by atoms with E-state index >= 15 is 0 Å². The van der Waals surface area contributed by atoms with Crippen molar-refractivity contribution in [2.24, 2.45) is 0 Å². The average molecular weight is 502 g/mol. The van der Waals surface area contributed by atoms with Gasteiger partial charge in [0.05, 0.1) is 38.3 Å². The molecule has 4 aromatic rings. The maximum absolute atomic E-state index is 12.5. The molecule has 1 heterocycles. The summed E-state index contributed by atoms with van der Waals surface area (Å²) >= 11 is 0. The summed E-state index contributed by atoms with van der Waals surface area (Å²) in [6.07, 6.45) is 3.88. The van der Waals surface area contributed by atoms with Gasteiger partial charge in [-0.1, -0.05) is 36.4 Å². The number of fused-ring (bicyclic) bond motifs is 1. The number of nitrogens with one attached hydrogen (secondary N) is 1. The van der Waals surface area contributed by atoms with Crippen LogP contribution in [0.3, 0.4) is 0 Å². The van der Waals surface area contributed by atoms with Crippen LogP contribution in [0.4, 0.5) is 0 Å². The van der Waals surface area contributed by atoms with E-state index in [1.165, 1.54) is 0 Å². The maximum atomic E-state index is 12.5. The molecule has 0 saturated carbocycles. The summed E-state index contributed by atoms with van der Waals surface area (Å²) in [5.74, 6) is 3.22. The molecule has 4 rings (SSSR count). The van der Waals surface area contributed by atoms with Gasteiger partial charge in [-0.2, -0.15) is 0 Å². The number of carbonyl (C=O) groups is 1. The molecular formula is C30H35N3O4. The summed E-state index contributed by atoms with van der Waals surface area (Å²) in [4.78, 5) is 17.3. The minimum Gasteiger partial charge on any atom is -0.494 e. The number of imidazole rings is 1. The standard InChI is InChI=1S/C30H35N3O4/c1-35-27-17-16-23(21-28(27)36-2)22-30(34)31-18-10-15-29-32-25-13-6-7-14-26(25)33(29)19-8-9-20-37-24-11-4-3-5-12-24/h3-7,11-14,16-17,21H,8-10,15,18-20,22H2,1-2H3,(H,31,34). The predicted octanol–water partition coefficient (Wildman–Crippen LogP) is 5.20. The fourth-order valence-electron chi connectivity index (χ4n) is 4.36. The molecule has 0 saturated heterocycles. The Bertz CT molecular complexity index is 1290. The molecule has 1 N–H and O–H groups in total. The number of benzene rings is 3. The smallest absolute Gasteiger partial charge is 0.224 e. The highest BCUT2D eigenvalue weighted by Crippen LogP contribution is 2.27. The largest absolute Gasteiger partial charge is 0.494 e. The number of nitrogens with zero attached hydrogens (tertiary/aromatic N) is 2. The molecule has 0 aliphatic heterocycles. The molecule has 1 aromatic heterocycles. The Balaban J connectivity index is 1.26. The maximum Gasteiger partial charge on any atom is 0.224 e.